The number of nitrogens with zero attached hydrogens (tertiary/aromatic N) is 3. The molecule has 0 unspecified atom stereocenters. The largest absolute Gasteiger partial charge is 0.492 e. The van der Waals surface area contributed by atoms with Gasteiger partial charge in [0.15, 0.2) is 5.96 Å². The van der Waals surface area contributed by atoms with E-state index in [9.17, 15) is 0 Å². The smallest absolute Gasteiger partial charge is 0.194 e. The van der Waals surface area contributed by atoms with Gasteiger partial charge in [-0.25, -0.2) is 4.99 Å². The van der Waals surface area contributed by atoms with Crippen LogP contribution in [0.25, 0.3) is 0 Å². The van der Waals surface area contributed by atoms with Crippen molar-refractivity contribution in [3.05, 3.63) is 29.8 Å². The van der Waals surface area contributed by atoms with Crippen LogP contribution < -0.4 is 10.1 Å². The van der Waals surface area contributed by atoms with Crippen LogP contribution in [0.4, 0.5) is 0 Å². The molecule has 1 N–H and O–H groups in total. The highest BCUT2D eigenvalue weighted by atomic mass is 16.5. The first-order valence-electron chi connectivity index (χ1n) is 11.1. The van der Waals surface area contributed by atoms with E-state index in [0.29, 0.717) is 18.6 Å². The molecule has 0 radical (unpaired) electrons. The Balaban J connectivity index is 1.51. The van der Waals surface area contributed by atoms with Gasteiger partial charge in [0.05, 0.1) is 13.2 Å². The standard InChI is InChI=1S/C23H38N4O2/c1-4-24-22(27-12-11-23(19-27)9-6-10-23)25-18-20-7-5-8-21(17-20)29-16-14-26(2)13-15-28-3/h5,7-8,17H,4,6,9-16,18-19H2,1-3H3,(H,24,25). The zero-order chi connectivity index (χ0) is 20.5. The van der Waals surface area contributed by atoms with Gasteiger partial charge in [-0.2, -0.15) is 0 Å². The van der Waals surface area contributed by atoms with E-state index in [1.54, 1.807) is 7.11 Å². The van der Waals surface area contributed by atoms with Crippen molar-refractivity contribution >= 4 is 5.96 Å². The number of hydrogen-bond acceptors (Lipinski definition) is 4. The van der Waals surface area contributed by atoms with E-state index in [1.807, 2.05) is 6.07 Å². The predicted octanol–water partition coefficient (Wildman–Crippen LogP) is 2.99. The minimum atomic E-state index is 0.584. The van der Waals surface area contributed by atoms with Crippen LogP contribution in [0.2, 0.25) is 0 Å². The first-order chi connectivity index (χ1) is 14.1. The van der Waals surface area contributed by atoms with Gasteiger partial charge < -0.3 is 24.6 Å². The molecule has 2 aliphatic rings. The van der Waals surface area contributed by atoms with Crippen molar-refractivity contribution in [1.29, 1.82) is 0 Å². The third-order valence-corrected chi connectivity index (χ3v) is 6.22. The third-order valence-electron chi connectivity index (χ3n) is 6.22. The number of methoxy groups -OCH3 is 1. The topological polar surface area (TPSA) is 49.3 Å². The molecule has 3 rings (SSSR count). The summed E-state index contributed by atoms with van der Waals surface area (Å²) in [6, 6.07) is 8.32. The van der Waals surface area contributed by atoms with Crippen molar-refractivity contribution in [3.63, 3.8) is 0 Å². The van der Waals surface area contributed by atoms with Gasteiger partial charge in [-0.05, 0) is 56.3 Å². The summed E-state index contributed by atoms with van der Waals surface area (Å²) < 4.78 is 11.1. The molecule has 2 fully saturated rings. The summed E-state index contributed by atoms with van der Waals surface area (Å²) in [5.74, 6) is 1.97. The number of hydrogen-bond donors (Lipinski definition) is 1. The van der Waals surface area contributed by atoms with Gasteiger partial charge in [-0.3, -0.25) is 0 Å². The lowest BCUT2D eigenvalue weighted by Gasteiger charge is -2.38. The van der Waals surface area contributed by atoms with Crippen LogP contribution in [0.1, 0.15) is 38.2 Å². The van der Waals surface area contributed by atoms with Crippen LogP contribution in [-0.2, 0) is 11.3 Å². The zero-order valence-electron chi connectivity index (χ0n) is 18.5. The summed E-state index contributed by atoms with van der Waals surface area (Å²) >= 11 is 0. The van der Waals surface area contributed by atoms with Gasteiger partial charge in [0, 0.05) is 39.8 Å². The molecule has 162 valence electrons. The fourth-order valence-corrected chi connectivity index (χ4v) is 4.20. The molecule has 29 heavy (non-hydrogen) atoms. The second kappa shape index (κ2) is 10.8. The molecule has 1 heterocycles. The predicted molar refractivity (Wildman–Crippen MR) is 119 cm³/mol. The lowest BCUT2D eigenvalue weighted by Crippen LogP contribution is -2.42. The molecule has 1 aromatic rings. The van der Waals surface area contributed by atoms with Crippen LogP contribution in [-0.4, -0.2) is 75.9 Å². The molecular weight excluding hydrogens is 364 g/mol. The molecule has 1 saturated heterocycles. The highest BCUT2D eigenvalue weighted by Gasteiger charge is 2.43. The fraction of sp³-hybridized carbons (Fsp3) is 0.696. The SMILES string of the molecule is CCNC(=NCc1cccc(OCCN(C)CCOC)c1)N1CCC2(CCC2)C1. The minimum absolute atomic E-state index is 0.584. The first-order valence-corrected chi connectivity index (χ1v) is 11.1. The van der Waals surface area contributed by atoms with Crippen molar-refractivity contribution in [2.24, 2.45) is 10.4 Å². The van der Waals surface area contributed by atoms with Crippen molar-refractivity contribution in [3.8, 4) is 5.75 Å². The van der Waals surface area contributed by atoms with E-state index < -0.39 is 0 Å². The molecule has 1 spiro atoms. The summed E-state index contributed by atoms with van der Waals surface area (Å²) in [6.45, 7) is 9.24. The van der Waals surface area contributed by atoms with Crippen LogP contribution in [0.15, 0.2) is 29.3 Å². The Kier molecular flexibility index (Phi) is 8.19. The van der Waals surface area contributed by atoms with Gasteiger partial charge in [-0.15, -0.1) is 0 Å². The quantitative estimate of drug-likeness (QED) is 0.482. The van der Waals surface area contributed by atoms with Crippen LogP contribution in [0, 0.1) is 5.41 Å². The Morgan fingerprint density at radius 2 is 2.07 bits per heavy atom. The van der Waals surface area contributed by atoms with Crippen molar-refractivity contribution in [2.45, 2.75) is 39.2 Å². The van der Waals surface area contributed by atoms with E-state index in [0.717, 1.165) is 44.5 Å². The summed E-state index contributed by atoms with van der Waals surface area (Å²) in [7, 11) is 3.82. The molecule has 1 aliphatic heterocycles. The summed E-state index contributed by atoms with van der Waals surface area (Å²) in [6.07, 6.45) is 5.50. The lowest BCUT2D eigenvalue weighted by molar-refractivity contribution is 0.150. The monoisotopic (exact) mass is 402 g/mol. The van der Waals surface area contributed by atoms with E-state index in [-0.39, 0.29) is 0 Å². The van der Waals surface area contributed by atoms with Gasteiger partial charge in [0.1, 0.15) is 12.4 Å². The number of likely N-dealkylation sites (tertiary alicyclic amines) is 1. The van der Waals surface area contributed by atoms with Crippen LogP contribution in [0.5, 0.6) is 5.75 Å². The highest BCUT2D eigenvalue weighted by molar-refractivity contribution is 5.80. The summed E-state index contributed by atoms with van der Waals surface area (Å²) in [5, 5.41) is 3.49. The van der Waals surface area contributed by atoms with Gasteiger partial charge in [-0.1, -0.05) is 18.6 Å². The Hall–Kier alpha value is -1.79. The zero-order valence-corrected chi connectivity index (χ0v) is 18.5. The van der Waals surface area contributed by atoms with Crippen LogP contribution in [0.3, 0.4) is 0 Å². The Bertz CT molecular complexity index is 660. The average Bonchev–Trinajstić information content (AvgIpc) is 3.16. The molecule has 1 aliphatic carbocycles. The lowest BCUT2D eigenvalue weighted by atomic mass is 9.68. The Morgan fingerprint density at radius 3 is 2.76 bits per heavy atom. The molecule has 6 heteroatoms. The van der Waals surface area contributed by atoms with Gasteiger partial charge >= 0.3 is 0 Å². The van der Waals surface area contributed by atoms with E-state index in [4.69, 9.17) is 14.5 Å². The maximum Gasteiger partial charge on any atom is 0.194 e. The molecule has 0 bridgehead atoms. The second-order valence-corrected chi connectivity index (χ2v) is 8.49. The number of guanidine groups is 1. The number of likely N-dealkylation sites (N-methyl/N-ethyl adjacent to an activating group) is 1. The molecule has 0 amide bonds. The first kappa shape index (κ1) is 21.9. The molecule has 1 aromatic carbocycles. The van der Waals surface area contributed by atoms with Crippen LogP contribution >= 0.6 is 0 Å². The maximum atomic E-state index is 5.94. The van der Waals surface area contributed by atoms with E-state index >= 15 is 0 Å². The Labute approximate surface area is 176 Å². The normalized spacial score (nSPS) is 18.3. The minimum Gasteiger partial charge on any atom is -0.492 e. The van der Waals surface area contributed by atoms with Crippen molar-refractivity contribution < 1.29 is 9.47 Å². The molecule has 0 aromatic heterocycles. The molecule has 6 nitrogen and oxygen atoms in total. The van der Waals surface area contributed by atoms with E-state index in [2.05, 4.69) is 47.3 Å². The maximum absolute atomic E-state index is 5.94. The van der Waals surface area contributed by atoms with Crippen molar-refractivity contribution in [2.75, 3.05) is 60.1 Å². The number of benzene rings is 1. The van der Waals surface area contributed by atoms with Gasteiger partial charge in [0.2, 0.25) is 0 Å². The number of nitrogens with one attached hydrogen (secondary N) is 1. The second-order valence-electron chi connectivity index (χ2n) is 8.49. The summed E-state index contributed by atoms with van der Waals surface area (Å²) in [5.41, 5.74) is 1.77. The number of aliphatic imine (C=N–C) groups is 1. The number of rotatable bonds is 10. The fourth-order valence-electron chi connectivity index (χ4n) is 4.20. The molecule has 1 saturated carbocycles. The van der Waals surface area contributed by atoms with Gasteiger partial charge in [0.25, 0.3) is 0 Å². The Morgan fingerprint density at radius 1 is 1.24 bits per heavy atom. The van der Waals surface area contributed by atoms with E-state index in [1.165, 1.54) is 37.8 Å². The highest BCUT2D eigenvalue weighted by Crippen LogP contribution is 2.47. The van der Waals surface area contributed by atoms with Crippen molar-refractivity contribution in [1.82, 2.24) is 15.1 Å². The third kappa shape index (κ3) is 6.34. The number of ether oxygens (including phenoxy) is 2. The molecular formula is C23H38N4O2. The average molecular weight is 403 g/mol. The summed E-state index contributed by atoms with van der Waals surface area (Å²) in [4.78, 5) is 9.60. The molecule has 0 atom stereocenters.